The van der Waals surface area contributed by atoms with Gasteiger partial charge in [0.15, 0.2) is 0 Å². The summed E-state index contributed by atoms with van der Waals surface area (Å²) in [6.07, 6.45) is 0. The number of aryl methyl sites for hydroxylation is 1. The van der Waals surface area contributed by atoms with Crippen LogP contribution in [0.3, 0.4) is 0 Å². The van der Waals surface area contributed by atoms with Gasteiger partial charge in [-0.05, 0) is 44.2 Å². The van der Waals surface area contributed by atoms with Gasteiger partial charge in [-0.1, -0.05) is 0 Å². The van der Waals surface area contributed by atoms with Crippen LogP contribution in [-0.2, 0) is 0 Å². The summed E-state index contributed by atoms with van der Waals surface area (Å²) >= 11 is 0. The van der Waals surface area contributed by atoms with Crippen LogP contribution in [0.1, 0.15) is 23.0 Å². The number of hydrogen-bond donors (Lipinski definition) is 1. The maximum Gasteiger partial charge on any atom is 0.251 e. The molecule has 2 aromatic rings. The maximum absolute atomic E-state index is 11.6. The van der Waals surface area contributed by atoms with Crippen LogP contribution < -0.4 is 10.1 Å². The number of nitrogens with one attached hydrogen (secondary N) is 1. The van der Waals surface area contributed by atoms with Gasteiger partial charge in [-0.25, -0.2) is 0 Å². The Balaban J connectivity index is 2.06. The lowest BCUT2D eigenvalue weighted by atomic mass is 10.2. The van der Waals surface area contributed by atoms with Crippen molar-refractivity contribution in [2.24, 2.45) is 0 Å². The standard InChI is InChI=1S/C14H15N3O2/c1-3-15-14(18)11-5-7-12(8-6-11)19-13-9-4-10(2)16-17-13/h4-9H,3H2,1-2H3,(H,15,18). The highest BCUT2D eigenvalue weighted by Gasteiger charge is 2.04. The lowest BCUT2D eigenvalue weighted by Gasteiger charge is -2.05. The summed E-state index contributed by atoms with van der Waals surface area (Å²) in [5, 5.41) is 10.6. The molecule has 1 aromatic heterocycles. The van der Waals surface area contributed by atoms with Gasteiger partial charge in [0.05, 0.1) is 5.69 Å². The van der Waals surface area contributed by atoms with E-state index in [2.05, 4.69) is 15.5 Å². The molecule has 1 aromatic carbocycles. The van der Waals surface area contributed by atoms with E-state index in [1.807, 2.05) is 19.9 Å². The smallest absolute Gasteiger partial charge is 0.251 e. The molecule has 0 saturated heterocycles. The summed E-state index contributed by atoms with van der Waals surface area (Å²) < 4.78 is 5.52. The molecule has 0 spiro atoms. The van der Waals surface area contributed by atoms with Crippen LogP contribution >= 0.6 is 0 Å². The molecular weight excluding hydrogens is 242 g/mol. The first-order chi connectivity index (χ1) is 9.19. The predicted molar refractivity (Wildman–Crippen MR) is 71.3 cm³/mol. The van der Waals surface area contributed by atoms with Crippen molar-refractivity contribution in [2.75, 3.05) is 6.54 Å². The number of benzene rings is 1. The Labute approximate surface area is 111 Å². The second kappa shape index (κ2) is 5.95. The van der Waals surface area contributed by atoms with Crippen LogP contribution in [0.2, 0.25) is 0 Å². The Bertz CT molecular complexity index is 550. The first-order valence-corrected chi connectivity index (χ1v) is 6.05. The number of nitrogens with zero attached hydrogens (tertiary/aromatic N) is 2. The third-order valence-corrected chi connectivity index (χ3v) is 2.45. The van der Waals surface area contributed by atoms with Gasteiger partial charge >= 0.3 is 0 Å². The summed E-state index contributed by atoms with van der Waals surface area (Å²) in [6, 6.07) is 10.5. The molecule has 1 amide bonds. The Morgan fingerprint density at radius 1 is 1.16 bits per heavy atom. The summed E-state index contributed by atoms with van der Waals surface area (Å²) in [5.41, 5.74) is 1.43. The van der Waals surface area contributed by atoms with E-state index in [1.54, 1.807) is 30.3 Å². The molecule has 1 heterocycles. The molecule has 0 bridgehead atoms. The fraction of sp³-hybridized carbons (Fsp3) is 0.214. The third-order valence-electron chi connectivity index (χ3n) is 2.45. The summed E-state index contributed by atoms with van der Waals surface area (Å²) in [6.45, 7) is 4.35. The molecule has 0 atom stereocenters. The molecular formula is C14H15N3O2. The molecule has 19 heavy (non-hydrogen) atoms. The second-order valence-electron chi connectivity index (χ2n) is 4.00. The van der Waals surface area contributed by atoms with E-state index < -0.39 is 0 Å². The van der Waals surface area contributed by atoms with Crippen molar-refractivity contribution in [1.82, 2.24) is 15.5 Å². The zero-order valence-corrected chi connectivity index (χ0v) is 10.9. The van der Waals surface area contributed by atoms with E-state index in [1.165, 1.54) is 0 Å². The molecule has 0 aliphatic carbocycles. The number of rotatable bonds is 4. The topological polar surface area (TPSA) is 64.1 Å². The van der Waals surface area contributed by atoms with E-state index >= 15 is 0 Å². The average Bonchev–Trinajstić information content (AvgIpc) is 2.42. The quantitative estimate of drug-likeness (QED) is 0.913. The van der Waals surface area contributed by atoms with Gasteiger partial charge in [-0.2, -0.15) is 5.10 Å². The third kappa shape index (κ3) is 3.51. The largest absolute Gasteiger partial charge is 0.438 e. The maximum atomic E-state index is 11.6. The van der Waals surface area contributed by atoms with Gasteiger partial charge in [-0.15, -0.1) is 5.10 Å². The molecule has 0 fully saturated rings. The molecule has 5 nitrogen and oxygen atoms in total. The minimum Gasteiger partial charge on any atom is -0.438 e. The highest BCUT2D eigenvalue weighted by Crippen LogP contribution is 2.19. The lowest BCUT2D eigenvalue weighted by Crippen LogP contribution is -2.22. The molecule has 0 radical (unpaired) electrons. The molecule has 2 rings (SSSR count). The van der Waals surface area contributed by atoms with Gasteiger partial charge < -0.3 is 10.1 Å². The Morgan fingerprint density at radius 3 is 2.47 bits per heavy atom. The fourth-order valence-corrected chi connectivity index (χ4v) is 1.50. The van der Waals surface area contributed by atoms with Crippen molar-refractivity contribution in [3.63, 3.8) is 0 Å². The molecule has 0 unspecified atom stereocenters. The van der Waals surface area contributed by atoms with Crippen molar-refractivity contribution in [3.8, 4) is 11.6 Å². The summed E-state index contributed by atoms with van der Waals surface area (Å²) in [4.78, 5) is 11.6. The number of ether oxygens (including phenoxy) is 1. The predicted octanol–water partition coefficient (Wildman–Crippen LogP) is 2.33. The van der Waals surface area contributed by atoms with E-state index in [4.69, 9.17) is 4.74 Å². The zero-order valence-electron chi connectivity index (χ0n) is 10.9. The van der Waals surface area contributed by atoms with Crippen LogP contribution in [0.25, 0.3) is 0 Å². The number of hydrogen-bond acceptors (Lipinski definition) is 4. The minimum absolute atomic E-state index is 0.0934. The van der Waals surface area contributed by atoms with Crippen molar-refractivity contribution in [3.05, 3.63) is 47.7 Å². The normalized spacial score (nSPS) is 10.0. The van der Waals surface area contributed by atoms with Gasteiger partial charge in [0.1, 0.15) is 5.75 Å². The molecule has 0 aliphatic rings. The highest BCUT2D eigenvalue weighted by molar-refractivity contribution is 5.94. The van der Waals surface area contributed by atoms with Crippen LogP contribution in [0, 0.1) is 6.92 Å². The van der Waals surface area contributed by atoms with E-state index in [0.29, 0.717) is 23.7 Å². The van der Waals surface area contributed by atoms with E-state index in [-0.39, 0.29) is 5.91 Å². The zero-order chi connectivity index (χ0) is 13.7. The van der Waals surface area contributed by atoms with Crippen LogP contribution in [0.5, 0.6) is 11.6 Å². The summed E-state index contributed by atoms with van der Waals surface area (Å²) in [7, 11) is 0. The molecule has 0 aliphatic heterocycles. The monoisotopic (exact) mass is 257 g/mol. The summed E-state index contributed by atoms with van der Waals surface area (Å²) in [5.74, 6) is 0.951. The Morgan fingerprint density at radius 2 is 1.89 bits per heavy atom. The van der Waals surface area contributed by atoms with Gasteiger partial charge in [0.25, 0.3) is 5.91 Å². The lowest BCUT2D eigenvalue weighted by molar-refractivity contribution is 0.0956. The van der Waals surface area contributed by atoms with E-state index in [0.717, 1.165) is 5.69 Å². The molecule has 5 heteroatoms. The molecule has 98 valence electrons. The fourth-order valence-electron chi connectivity index (χ4n) is 1.50. The minimum atomic E-state index is -0.0934. The van der Waals surface area contributed by atoms with Crippen molar-refractivity contribution in [1.29, 1.82) is 0 Å². The highest BCUT2D eigenvalue weighted by atomic mass is 16.5. The number of carbonyl (C=O) groups excluding carboxylic acids is 1. The van der Waals surface area contributed by atoms with Crippen LogP contribution in [0.15, 0.2) is 36.4 Å². The molecule has 1 N–H and O–H groups in total. The number of aromatic nitrogens is 2. The van der Waals surface area contributed by atoms with Gasteiger partial charge in [-0.3, -0.25) is 4.79 Å². The second-order valence-corrected chi connectivity index (χ2v) is 4.00. The van der Waals surface area contributed by atoms with Gasteiger partial charge in [0.2, 0.25) is 5.88 Å². The van der Waals surface area contributed by atoms with Crippen LogP contribution in [-0.4, -0.2) is 22.6 Å². The number of carbonyl (C=O) groups is 1. The van der Waals surface area contributed by atoms with Crippen molar-refractivity contribution < 1.29 is 9.53 Å². The van der Waals surface area contributed by atoms with Crippen LogP contribution in [0.4, 0.5) is 0 Å². The average molecular weight is 257 g/mol. The molecule has 0 saturated carbocycles. The Hall–Kier alpha value is -2.43. The SMILES string of the molecule is CCNC(=O)c1ccc(Oc2ccc(C)nn2)cc1. The first kappa shape index (κ1) is 13.0. The number of amides is 1. The van der Waals surface area contributed by atoms with E-state index in [9.17, 15) is 4.79 Å². The Kier molecular flexibility index (Phi) is 4.07. The van der Waals surface area contributed by atoms with Crippen molar-refractivity contribution >= 4 is 5.91 Å². The van der Waals surface area contributed by atoms with Crippen molar-refractivity contribution in [2.45, 2.75) is 13.8 Å². The first-order valence-electron chi connectivity index (χ1n) is 6.05. The van der Waals surface area contributed by atoms with Gasteiger partial charge in [0, 0.05) is 18.2 Å².